The SMILES string of the molecule is CCCCCCCCCCCCCCCCCCC(CCCCCCCCCCCCCCC)OC(=O)CCCCCCCCCCCCCCCCC. The van der Waals surface area contributed by atoms with E-state index in [9.17, 15) is 4.79 Å². The van der Waals surface area contributed by atoms with Gasteiger partial charge < -0.3 is 4.74 Å². The molecule has 324 valence electrons. The quantitative estimate of drug-likeness (QED) is 0.0456. The number of unbranched alkanes of at least 4 members (excludes halogenated alkanes) is 41. The summed E-state index contributed by atoms with van der Waals surface area (Å²) in [6, 6.07) is 0. The topological polar surface area (TPSA) is 26.3 Å². The third-order valence-electron chi connectivity index (χ3n) is 12.3. The highest BCUT2D eigenvalue weighted by Gasteiger charge is 2.14. The molecule has 0 aliphatic rings. The molecule has 2 heteroatoms. The van der Waals surface area contributed by atoms with Crippen LogP contribution in [0.15, 0.2) is 0 Å². The van der Waals surface area contributed by atoms with Gasteiger partial charge in [-0.2, -0.15) is 0 Å². The van der Waals surface area contributed by atoms with Crippen LogP contribution in [0.3, 0.4) is 0 Å². The first-order valence-electron chi connectivity index (χ1n) is 25.9. The summed E-state index contributed by atoms with van der Waals surface area (Å²) < 4.78 is 6.16. The minimum atomic E-state index is 0.0841. The van der Waals surface area contributed by atoms with E-state index in [2.05, 4.69) is 20.8 Å². The number of carbonyl (C=O) groups excluding carboxylic acids is 1. The van der Waals surface area contributed by atoms with Crippen LogP contribution in [0.1, 0.15) is 323 Å². The van der Waals surface area contributed by atoms with E-state index < -0.39 is 0 Å². The van der Waals surface area contributed by atoms with Crippen molar-refractivity contribution in [2.45, 2.75) is 329 Å². The molecule has 0 heterocycles. The first-order chi connectivity index (χ1) is 26.7. The van der Waals surface area contributed by atoms with E-state index in [4.69, 9.17) is 4.74 Å². The smallest absolute Gasteiger partial charge is 0.306 e. The van der Waals surface area contributed by atoms with E-state index in [0.717, 1.165) is 19.3 Å². The molecule has 0 aliphatic heterocycles. The van der Waals surface area contributed by atoms with Crippen LogP contribution in [-0.4, -0.2) is 12.1 Å². The maximum atomic E-state index is 12.9. The highest BCUT2D eigenvalue weighted by atomic mass is 16.5. The van der Waals surface area contributed by atoms with Crippen LogP contribution >= 0.6 is 0 Å². The summed E-state index contributed by atoms with van der Waals surface area (Å²) >= 11 is 0. The summed E-state index contributed by atoms with van der Waals surface area (Å²) in [6.45, 7) is 6.91. The number of ether oxygens (including phenoxy) is 1. The second-order valence-corrected chi connectivity index (χ2v) is 17.9. The van der Waals surface area contributed by atoms with Crippen molar-refractivity contribution in [1.29, 1.82) is 0 Å². The first kappa shape index (κ1) is 53.5. The van der Waals surface area contributed by atoms with Gasteiger partial charge in [-0.25, -0.2) is 0 Å². The predicted molar refractivity (Wildman–Crippen MR) is 244 cm³/mol. The highest BCUT2D eigenvalue weighted by molar-refractivity contribution is 5.69. The van der Waals surface area contributed by atoms with Gasteiger partial charge in [-0.05, 0) is 32.1 Å². The van der Waals surface area contributed by atoms with Crippen molar-refractivity contribution in [3.8, 4) is 0 Å². The van der Waals surface area contributed by atoms with Crippen molar-refractivity contribution in [1.82, 2.24) is 0 Å². The molecule has 0 bridgehead atoms. The summed E-state index contributed by atoms with van der Waals surface area (Å²) in [6.07, 6.45) is 64.0. The van der Waals surface area contributed by atoms with Gasteiger partial charge in [0.05, 0.1) is 0 Å². The van der Waals surface area contributed by atoms with Gasteiger partial charge in [-0.15, -0.1) is 0 Å². The molecule has 0 rings (SSSR count). The number of hydrogen-bond acceptors (Lipinski definition) is 2. The van der Waals surface area contributed by atoms with Crippen LogP contribution in [0.2, 0.25) is 0 Å². The Labute approximate surface area is 343 Å². The lowest BCUT2D eigenvalue weighted by Crippen LogP contribution is -2.18. The molecular formula is C52H104O2. The maximum absolute atomic E-state index is 12.9. The Kier molecular flexibility index (Phi) is 48.1. The molecule has 0 aliphatic carbocycles. The zero-order chi connectivity index (χ0) is 39.1. The molecule has 54 heavy (non-hydrogen) atoms. The van der Waals surface area contributed by atoms with E-state index in [1.54, 1.807) is 0 Å². The summed E-state index contributed by atoms with van der Waals surface area (Å²) in [5, 5.41) is 0. The summed E-state index contributed by atoms with van der Waals surface area (Å²) in [5.41, 5.74) is 0. The summed E-state index contributed by atoms with van der Waals surface area (Å²) in [4.78, 5) is 12.9. The molecule has 2 nitrogen and oxygen atoms in total. The van der Waals surface area contributed by atoms with Crippen molar-refractivity contribution in [2.75, 3.05) is 0 Å². The zero-order valence-electron chi connectivity index (χ0n) is 38.1. The molecule has 0 saturated carbocycles. The molecule has 0 spiro atoms. The first-order valence-corrected chi connectivity index (χ1v) is 25.9. The Morgan fingerprint density at radius 1 is 0.278 bits per heavy atom. The van der Waals surface area contributed by atoms with Crippen LogP contribution in [0, 0.1) is 0 Å². The number of hydrogen-bond donors (Lipinski definition) is 0. The van der Waals surface area contributed by atoms with Crippen molar-refractivity contribution < 1.29 is 9.53 Å². The molecule has 0 aromatic carbocycles. The van der Waals surface area contributed by atoms with Gasteiger partial charge in [0.2, 0.25) is 0 Å². The number of carbonyl (C=O) groups is 1. The molecule has 0 N–H and O–H groups in total. The fourth-order valence-corrected chi connectivity index (χ4v) is 8.46. The molecule has 0 saturated heterocycles. The predicted octanol–water partition coefficient (Wildman–Crippen LogP) is 19.3. The largest absolute Gasteiger partial charge is 0.462 e. The number of esters is 1. The Morgan fingerprint density at radius 2 is 0.463 bits per heavy atom. The van der Waals surface area contributed by atoms with Gasteiger partial charge in [0, 0.05) is 6.42 Å². The monoisotopic (exact) mass is 761 g/mol. The molecule has 0 amide bonds. The van der Waals surface area contributed by atoms with E-state index >= 15 is 0 Å². The molecule has 0 aromatic rings. The Bertz CT molecular complexity index is 673. The Balaban J connectivity index is 4.05. The molecule has 1 unspecified atom stereocenters. The molecule has 0 aromatic heterocycles. The van der Waals surface area contributed by atoms with Crippen molar-refractivity contribution in [3.63, 3.8) is 0 Å². The average Bonchev–Trinajstić information content (AvgIpc) is 3.17. The third-order valence-corrected chi connectivity index (χ3v) is 12.3. The fourth-order valence-electron chi connectivity index (χ4n) is 8.46. The van der Waals surface area contributed by atoms with Gasteiger partial charge in [-0.3, -0.25) is 4.79 Å². The fraction of sp³-hybridized carbons (Fsp3) is 0.981. The molecule has 1 atom stereocenters. The lowest BCUT2D eigenvalue weighted by molar-refractivity contribution is -0.150. The Hall–Kier alpha value is -0.530. The van der Waals surface area contributed by atoms with E-state index in [0.29, 0.717) is 6.42 Å². The zero-order valence-corrected chi connectivity index (χ0v) is 38.1. The van der Waals surface area contributed by atoms with Gasteiger partial charge in [0.15, 0.2) is 0 Å². The standard InChI is InChI=1S/C52H104O2/c1-4-7-10-13-16-19-22-25-27-29-31-34-37-40-43-46-49-51(48-45-42-39-36-33-30-24-21-18-15-12-9-6-3)54-52(53)50-47-44-41-38-35-32-28-26-23-20-17-14-11-8-5-2/h51H,4-50H2,1-3H3. The normalized spacial score (nSPS) is 12.1. The van der Waals surface area contributed by atoms with Crippen molar-refractivity contribution >= 4 is 5.97 Å². The van der Waals surface area contributed by atoms with Gasteiger partial charge in [-0.1, -0.05) is 284 Å². The number of rotatable bonds is 48. The van der Waals surface area contributed by atoms with Crippen molar-refractivity contribution in [2.24, 2.45) is 0 Å². The molecule has 0 radical (unpaired) electrons. The summed E-state index contributed by atoms with van der Waals surface area (Å²) in [5.74, 6) is 0.0841. The van der Waals surface area contributed by atoms with Crippen molar-refractivity contribution in [3.05, 3.63) is 0 Å². The van der Waals surface area contributed by atoms with Crippen LogP contribution in [0.5, 0.6) is 0 Å². The maximum Gasteiger partial charge on any atom is 0.306 e. The minimum Gasteiger partial charge on any atom is -0.462 e. The molecule has 0 fully saturated rings. The van der Waals surface area contributed by atoms with Crippen LogP contribution < -0.4 is 0 Å². The lowest BCUT2D eigenvalue weighted by Gasteiger charge is -2.18. The van der Waals surface area contributed by atoms with Gasteiger partial charge in [0.1, 0.15) is 6.10 Å². The molecular weight excluding hydrogens is 657 g/mol. The van der Waals surface area contributed by atoms with E-state index in [-0.39, 0.29) is 12.1 Å². The van der Waals surface area contributed by atoms with Crippen LogP contribution in [-0.2, 0) is 9.53 Å². The van der Waals surface area contributed by atoms with E-state index in [1.165, 1.54) is 276 Å². The average molecular weight is 761 g/mol. The second-order valence-electron chi connectivity index (χ2n) is 17.9. The highest BCUT2D eigenvalue weighted by Crippen LogP contribution is 2.20. The third kappa shape index (κ3) is 45.9. The van der Waals surface area contributed by atoms with E-state index in [1.807, 2.05) is 0 Å². The van der Waals surface area contributed by atoms with Crippen LogP contribution in [0.4, 0.5) is 0 Å². The summed E-state index contributed by atoms with van der Waals surface area (Å²) in [7, 11) is 0. The minimum absolute atomic E-state index is 0.0841. The van der Waals surface area contributed by atoms with Crippen LogP contribution in [0.25, 0.3) is 0 Å². The van der Waals surface area contributed by atoms with Gasteiger partial charge >= 0.3 is 5.97 Å². The lowest BCUT2D eigenvalue weighted by atomic mass is 10.0. The van der Waals surface area contributed by atoms with Gasteiger partial charge in [0.25, 0.3) is 0 Å². The Morgan fingerprint density at radius 3 is 0.685 bits per heavy atom. The second kappa shape index (κ2) is 48.6.